The van der Waals surface area contributed by atoms with E-state index in [0.717, 1.165) is 5.25 Å². The highest BCUT2D eigenvalue weighted by Gasteiger charge is 2.18. The van der Waals surface area contributed by atoms with Crippen molar-refractivity contribution in [1.29, 1.82) is 0 Å². The first-order chi connectivity index (χ1) is 6.33. The molecular weight excluding hydrogens is 196 g/mol. The summed E-state index contributed by atoms with van der Waals surface area (Å²) >= 11 is 7.14. The predicted octanol–water partition coefficient (Wildman–Crippen LogP) is 4.57. The van der Waals surface area contributed by atoms with Gasteiger partial charge in [0.2, 0.25) is 0 Å². The molecule has 1 rings (SSSR count). The largest absolute Gasteiger partial charge is 0.116 e. The van der Waals surface area contributed by atoms with Crippen LogP contribution in [0.4, 0.5) is 0 Å². The monoisotopic (exact) mass is 216 g/mol. The number of unbranched alkanes of at least 4 members (excludes halogenated alkanes) is 4. The maximum Gasteiger partial charge on any atom is 0.0481 e. The molecule has 76 valence electrons. The van der Waals surface area contributed by atoms with Gasteiger partial charge in [0, 0.05) is 9.45 Å². The van der Waals surface area contributed by atoms with E-state index in [1.165, 1.54) is 55.6 Å². The Labute approximate surface area is 91.9 Å². The number of rotatable bonds is 6. The Morgan fingerprint density at radius 3 is 2.69 bits per heavy atom. The minimum absolute atomic E-state index is 0.870. The first kappa shape index (κ1) is 11.5. The van der Waals surface area contributed by atoms with E-state index in [9.17, 15) is 0 Å². The van der Waals surface area contributed by atoms with Crippen molar-refractivity contribution in [2.24, 2.45) is 0 Å². The van der Waals surface area contributed by atoms with Crippen molar-refractivity contribution in [1.82, 2.24) is 0 Å². The molecule has 0 aromatic rings. The van der Waals surface area contributed by atoms with E-state index in [-0.39, 0.29) is 0 Å². The molecule has 0 aliphatic carbocycles. The molecule has 1 unspecified atom stereocenters. The van der Waals surface area contributed by atoms with Gasteiger partial charge in [-0.15, -0.1) is 11.8 Å². The zero-order valence-corrected chi connectivity index (χ0v) is 10.2. The van der Waals surface area contributed by atoms with E-state index in [2.05, 4.69) is 6.92 Å². The highest BCUT2D eigenvalue weighted by Crippen LogP contribution is 2.32. The van der Waals surface area contributed by atoms with Crippen LogP contribution in [0.3, 0.4) is 0 Å². The maximum absolute atomic E-state index is 5.18. The van der Waals surface area contributed by atoms with Gasteiger partial charge in [-0.2, -0.15) is 0 Å². The Balaban J connectivity index is 1.91. The van der Waals surface area contributed by atoms with Gasteiger partial charge in [0.25, 0.3) is 0 Å². The third-order valence-corrected chi connectivity index (χ3v) is 4.36. The number of hydrogen-bond donors (Lipinski definition) is 0. The molecule has 1 atom stereocenters. The minimum Gasteiger partial charge on any atom is -0.116 e. The lowest BCUT2D eigenvalue weighted by atomic mass is 10.1. The van der Waals surface area contributed by atoms with E-state index in [1.54, 1.807) is 0 Å². The van der Waals surface area contributed by atoms with Crippen LogP contribution in [0.5, 0.6) is 0 Å². The van der Waals surface area contributed by atoms with Crippen molar-refractivity contribution >= 4 is 28.2 Å². The number of hydrogen-bond acceptors (Lipinski definition) is 2. The van der Waals surface area contributed by atoms with Gasteiger partial charge in [0.15, 0.2) is 0 Å². The van der Waals surface area contributed by atoms with Crippen LogP contribution in [0.15, 0.2) is 0 Å². The molecule has 1 aliphatic rings. The molecule has 13 heavy (non-hydrogen) atoms. The molecule has 2 heteroatoms. The van der Waals surface area contributed by atoms with Crippen molar-refractivity contribution in [3.05, 3.63) is 0 Å². The average Bonchev–Trinajstić information content (AvgIpc) is 2.51. The van der Waals surface area contributed by atoms with Gasteiger partial charge in [-0.1, -0.05) is 51.2 Å². The number of thiocarbonyl (C=S) groups is 1. The molecule has 0 aromatic carbocycles. The van der Waals surface area contributed by atoms with Crippen LogP contribution < -0.4 is 0 Å². The minimum atomic E-state index is 0.870. The average molecular weight is 216 g/mol. The van der Waals surface area contributed by atoms with Crippen molar-refractivity contribution in [2.45, 2.75) is 63.5 Å². The Morgan fingerprint density at radius 2 is 2.08 bits per heavy atom. The second kappa shape index (κ2) is 6.83. The molecule has 1 saturated heterocycles. The van der Waals surface area contributed by atoms with Gasteiger partial charge in [0.05, 0.1) is 0 Å². The molecule has 0 radical (unpaired) electrons. The molecular formula is C11H20S2. The van der Waals surface area contributed by atoms with Crippen molar-refractivity contribution < 1.29 is 0 Å². The van der Waals surface area contributed by atoms with Crippen LogP contribution in [0.25, 0.3) is 0 Å². The van der Waals surface area contributed by atoms with Gasteiger partial charge >= 0.3 is 0 Å². The van der Waals surface area contributed by atoms with E-state index >= 15 is 0 Å². The van der Waals surface area contributed by atoms with Crippen LogP contribution in [-0.4, -0.2) is 9.45 Å². The van der Waals surface area contributed by atoms with Crippen LogP contribution >= 0.6 is 24.0 Å². The van der Waals surface area contributed by atoms with E-state index in [1.807, 2.05) is 11.8 Å². The molecule has 0 saturated carbocycles. The Bertz CT molecular complexity index is 154. The fourth-order valence-electron chi connectivity index (χ4n) is 1.76. The Kier molecular flexibility index (Phi) is 6.05. The first-order valence-electron chi connectivity index (χ1n) is 5.52. The summed E-state index contributed by atoms with van der Waals surface area (Å²) in [5, 5.41) is 0.870. The molecule has 1 aliphatic heterocycles. The van der Waals surface area contributed by atoms with Crippen LogP contribution in [0, 0.1) is 0 Å². The zero-order valence-electron chi connectivity index (χ0n) is 8.55. The summed E-state index contributed by atoms with van der Waals surface area (Å²) in [6, 6.07) is 0. The molecule has 1 fully saturated rings. The molecule has 0 nitrogen and oxygen atoms in total. The van der Waals surface area contributed by atoms with Crippen LogP contribution in [0.1, 0.15) is 58.3 Å². The molecule has 0 spiro atoms. The normalized spacial score (nSPS) is 22.5. The lowest BCUT2D eigenvalue weighted by Gasteiger charge is -2.06. The topological polar surface area (TPSA) is 0 Å². The third kappa shape index (κ3) is 5.02. The fraction of sp³-hybridized carbons (Fsp3) is 0.909. The maximum atomic E-state index is 5.18. The molecule has 0 amide bonds. The molecule has 0 bridgehead atoms. The summed E-state index contributed by atoms with van der Waals surface area (Å²) in [6.07, 6.45) is 11.0. The summed E-state index contributed by atoms with van der Waals surface area (Å²) < 4.78 is 1.25. The Hall–Kier alpha value is 0.440. The third-order valence-electron chi connectivity index (χ3n) is 2.60. The van der Waals surface area contributed by atoms with Gasteiger partial charge in [-0.3, -0.25) is 0 Å². The van der Waals surface area contributed by atoms with Crippen LogP contribution in [0.2, 0.25) is 0 Å². The lowest BCUT2D eigenvalue weighted by molar-refractivity contribution is 0.592. The van der Waals surface area contributed by atoms with Gasteiger partial charge < -0.3 is 0 Å². The van der Waals surface area contributed by atoms with Crippen LogP contribution in [-0.2, 0) is 0 Å². The summed E-state index contributed by atoms with van der Waals surface area (Å²) in [7, 11) is 0. The Morgan fingerprint density at radius 1 is 1.31 bits per heavy atom. The smallest absolute Gasteiger partial charge is 0.0481 e. The van der Waals surface area contributed by atoms with Gasteiger partial charge in [-0.25, -0.2) is 0 Å². The fourth-order valence-corrected chi connectivity index (χ4v) is 3.42. The quantitative estimate of drug-likeness (QED) is 0.471. The zero-order chi connectivity index (χ0) is 9.52. The van der Waals surface area contributed by atoms with Crippen molar-refractivity contribution in [2.75, 3.05) is 0 Å². The highest BCUT2D eigenvalue weighted by molar-refractivity contribution is 8.23. The highest BCUT2D eigenvalue weighted by atomic mass is 32.2. The molecule has 0 N–H and O–H groups in total. The SMILES string of the molecule is CCCCCCCC1CCC(=S)S1. The number of thioether (sulfide) groups is 1. The first-order valence-corrected chi connectivity index (χ1v) is 6.81. The standard InChI is InChI=1S/C11H20S2/c1-2-3-4-5-6-7-10-8-9-11(12)13-10/h10H,2-9H2,1H3. The summed E-state index contributed by atoms with van der Waals surface area (Å²) in [4.78, 5) is 0. The van der Waals surface area contributed by atoms with E-state index in [4.69, 9.17) is 12.2 Å². The van der Waals surface area contributed by atoms with E-state index < -0.39 is 0 Å². The van der Waals surface area contributed by atoms with Gasteiger partial charge in [-0.05, 0) is 19.3 Å². The van der Waals surface area contributed by atoms with E-state index in [0.29, 0.717) is 0 Å². The van der Waals surface area contributed by atoms with Crippen molar-refractivity contribution in [3.8, 4) is 0 Å². The summed E-state index contributed by atoms with van der Waals surface area (Å²) in [5.74, 6) is 0. The second-order valence-electron chi connectivity index (χ2n) is 3.85. The predicted molar refractivity (Wildman–Crippen MR) is 66.6 cm³/mol. The van der Waals surface area contributed by atoms with Gasteiger partial charge in [0.1, 0.15) is 0 Å². The lowest BCUT2D eigenvalue weighted by Crippen LogP contribution is -1.95. The molecule has 0 aromatic heterocycles. The summed E-state index contributed by atoms with van der Waals surface area (Å²) in [6.45, 7) is 2.27. The molecule has 1 heterocycles. The van der Waals surface area contributed by atoms with Crippen molar-refractivity contribution in [3.63, 3.8) is 0 Å². The second-order valence-corrected chi connectivity index (χ2v) is 6.00. The summed E-state index contributed by atoms with van der Waals surface area (Å²) in [5.41, 5.74) is 0.